The fourth-order valence-electron chi connectivity index (χ4n) is 1.58. The third kappa shape index (κ3) is 4.22. The summed E-state index contributed by atoms with van der Waals surface area (Å²) in [6, 6.07) is 9.01. The molecule has 0 saturated carbocycles. The van der Waals surface area contributed by atoms with Crippen LogP contribution in [0.5, 0.6) is 0 Å². The second-order valence-electron chi connectivity index (χ2n) is 3.94. The van der Waals surface area contributed by atoms with Crippen LogP contribution in [0, 0.1) is 0 Å². The van der Waals surface area contributed by atoms with Gasteiger partial charge in [-0.05, 0) is 35.4 Å². The first-order valence-electron chi connectivity index (χ1n) is 5.65. The van der Waals surface area contributed by atoms with Gasteiger partial charge in [-0.25, -0.2) is 9.97 Å². The number of hydrogen-bond donors (Lipinski definition) is 2. The number of aromatic nitrogens is 2. The number of benzene rings is 1. The Balaban J connectivity index is 1.94. The van der Waals surface area contributed by atoms with Crippen molar-refractivity contribution in [3.63, 3.8) is 0 Å². The highest BCUT2D eigenvalue weighted by Gasteiger charge is 2.01. The maximum Gasteiger partial charge on any atom is 0.307 e. The van der Waals surface area contributed by atoms with Gasteiger partial charge in [0.1, 0.15) is 0 Å². The molecule has 1 heterocycles. The number of halogens is 1. The first-order valence-corrected chi connectivity index (χ1v) is 6.03. The summed E-state index contributed by atoms with van der Waals surface area (Å²) >= 11 is 5.69. The number of rotatable bonds is 5. The Morgan fingerprint density at radius 3 is 2.63 bits per heavy atom. The molecule has 0 saturated heterocycles. The molecule has 0 radical (unpaired) electrons. The second kappa shape index (κ2) is 6.15. The van der Waals surface area contributed by atoms with Gasteiger partial charge in [0.05, 0.1) is 18.7 Å². The molecule has 2 rings (SSSR count). The zero-order valence-electron chi connectivity index (χ0n) is 10.0. The lowest BCUT2D eigenvalue weighted by Gasteiger charge is -2.06. The van der Waals surface area contributed by atoms with Crippen molar-refractivity contribution in [2.75, 3.05) is 5.32 Å². The van der Waals surface area contributed by atoms with E-state index in [4.69, 9.17) is 16.7 Å². The summed E-state index contributed by atoms with van der Waals surface area (Å²) in [6.07, 6.45) is 1.63. The topological polar surface area (TPSA) is 75.1 Å². The fourth-order valence-corrected chi connectivity index (χ4v) is 1.74. The fraction of sp³-hybridized carbons (Fsp3) is 0.154. The number of anilines is 1. The minimum atomic E-state index is -0.837. The number of carbonyl (C=O) groups is 1. The second-order valence-corrected chi connectivity index (χ2v) is 4.28. The van der Waals surface area contributed by atoms with Gasteiger partial charge in [0.25, 0.3) is 0 Å². The molecule has 0 spiro atoms. The number of nitrogens with one attached hydrogen (secondary N) is 1. The van der Waals surface area contributed by atoms with Crippen molar-refractivity contribution in [2.24, 2.45) is 0 Å². The normalized spacial score (nSPS) is 10.2. The number of carboxylic acids is 1. The maximum absolute atomic E-state index is 10.6. The molecule has 2 N–H and O–H groups in total. The van der Waals surface area contributed by atoms with Gasteiger partial charge in [0.15, 0.2) is 0 Å². The molecule has 2 aromatic rings. The standard InChI is InChI=1S/C13H12ClN3O2/c14-13-15-6-5-11(17-13)8-16-10-3-1-9(2-4-10)7-12(18)19/h1-6,16H,7-8H2,(H,18,19). The summed E-state index contributed by atoms with van der Waals surface area (Å²) in [5, 5.41) is 12.1. The van der Waals surface area contributed by atoms with Crippen LogP contribution in [0.3, 0.4) is 0 Å². The minimum Gasteiger partial charge on any atom is -0.481 e. The molecule has 0 aliphatic heterocycles. The number of aliphatic carboxylic acids is 1. The van der Waals surface area contributed by atoms with E-state index in [2.05, 4.69) is 15.3 Å². The third-order valence-electron chi connectivity index (χ3n) is 2.47. The molecule has 0 aliphatic carbocycles. The van der Waals surface area contributed by atoms with E-state index in [9.17, 15) is 4.79 Å². The van der Waals surface area contributed by atoms with Gasteiger partial charge >= 0.3 is 5.97 Å². The molecule has 6 heteroatoms. The van der Waals surface area contributed by atoms with Crippen LogP contribution in [-0.2, 0) is 17.8 Å². The Kier molecular flexibility index (Phi) is 4.30. The van der Waals surface area contributed by atoms with Gasteiger partial charge < -0.3 is 10.4 Å². The van der Waals surface area contributed by atoms with Crippen molar-refractivity contribution in [1.82, 2.24) is 9.97 Å². The summed E-state index contributed by atoms with van der Waals surface area (Å²) in [4.78, 5) is 18.4. The van der Waals surface area contributed by atoms with Crippen LogP contribution in [-0.4, -0.2) is 21.0 Å². The van der Waals surface area contributed by atoms with Gasteiger partial charge in [0, 0.05) is 11.9 Å². The molecular weight excluding hydrogens is 266 g/mol. The van der Waals surface area contributed by atoms with E-state index in [0.29, 0.717) is 6.54 Å². The lowest BCUT2D eigenvalue weighted by atomic mass is 10.1. The molecule has 0 amide bonds. The average Bonchev–Trinajstić information content (AvgIpc) is 2.37. The van der Waals surface area contributed by atoms with Crippen molar-refractivity contribution >= 4 is 23.3 Å². The number of hydrogen-bond acceptors (Lipinski definition) is 4. The Bertz CT molecular complexity index is 572. The van der Waals surface area contributed by atoms with E-state index < -0.39 is 5.97 Å². The number of nitrogens with zero attached hydrogens (tertiary/aromatic N) is 2. The van der Waals surface area contributed by atoms with E-state index in [0.717, 1.165) is 16.9 Å². The van der Waals surface area contributed by atoms with Crippen molar-refractivity contribution in [3.8, 4) is 0 Å². The third-order valence-corrected chi connectivity index (χ3v) is 2.65. The lowest BCUT2D eigenvalue weighted by molar-refractivity contribution is -0.136. The SMILES string of the molecule is O=C(O)Cc1ccc(NCc2ccnc(Cl)n2)cc1. The van der Waals surface area contributed by atoms with E-state index >= 15 is 0 Å². The van der Waals surface area contributed by atoms with E-state index in [-0.39, 0.29) is 11.7 Å². The molecule has 0 bridgehead atoms. The van der Waals surface area contributed by atoms with Crippen LogP contribution in [0.25, 0.3) is 0 Å². The highest BCUT2D eigenvalue weighted by Crippen LogP contribution is 2.11. The van der Waals surface area contributed by atoms with Gasteiger partial charge in [-0.15, -0.1) is 0 Å². The lowest BCUT2D eigenvalue weighted by Crippen LogP contribution is -2.03. The van der Waals surface area contributed by atoms with Crippen molar-refractivity contribution in [3.05, 3.63) is 53.1 Å². The van der Waals surface area contributed by atoms with Crippen molar-refractivity contribution in [1.29, 1.82) is 0 Å². The molecule has 5 nitrogen and oxygen atoms in total. The summed E-state index contributed by atoms with van der Waals surface area (Å²) in [7, 11) is 0. The average molecular weight is 278 g/mol. The molecular formula is C13H12ClN3O2. The predicted octanol–water partition coefficient (Wildman–Crippen LogP) is 2.37. The molecule has 0 atom stereocenters. The summed E-state index contributed by atoms with van der Waals surface area (Å²) in [5.74, 6) is -0.837. The van der Waals surface area contributed by atoms with Gasteiger partial charge in [-0.1, -0.05) is 12.1 Å². The minimum absolute atomic E-state index is 0.0296. The van der Waals surface area contributed by atoms with Crippen LogP contribution >= 0.6 is 11.6 Å². The largest absolute Gasteiger partial charge is 0.481 e. The van der Waals surface area contributed by atoms with Crippen LogP contribution < -0.4 is 5.32 Å². The first kappa shape index (κ1) is 13.3. The molecule has 1 aromatic carbocycles. The molecule has 98 valence electrons. The molecule has 0 fully saturated rings. The number of carboxylic acid groups (broad SMARTS) is 1. The maximum atomic E-state index is 10.6. The zero-order chi connectivity index (χ0) is 13.7. The predicted molar refractivity (Wildman–Crippen MR) is 72.2 cm³/mol. The van der Waals surface area contributed by atoms with Gasteiger partial charge in [-0.3, -0.25) is 4.79 Å². The monoisotopic (exact) mass is 277 g/mol. The van der Waals surface area contributed by atoms with Crippen molar-refractivity contribution in [2.45, 2.75) is 13.0 Å². The Morgan fingerprint density at radius 1 is 1.26 bits per heavy atom. The van der Waals surface area contributed by atoms with Gasteiger partial charge in [-0.2, -0.15) is 0 Å². The van der Waals surface area contributed by atoms with Crippen LogP contribution in [0.4, 0.5) is 5.69 Å². The summed E-state index contributed by atoms with van der Waals surface area (Å²) in [5.41, 5.74) is 2.45. The molecule has 19 heavy (non-hydrogen) atoms. The van der Waals surface area contributed by atoms with Crippen molar-refractivity contribution < 1.29 is 9.90 Å². The summed E-state index contributed by atoms with van der Waals surface area (Å²) in [6.45, 7) is 0.528. The Hall–Kier alpha value is -2.14. The van der Waals surface area contributed by atoms with E-state index in [1.54, 1.807) is 24.4 Å². The Morgan fingerprint density at radius 2 is 2.00 bits per heavy atom. The summed E-state index contributed by atoms with van der Waals surface area (Å²) < 4.78 is 0. The van der Waals surface area contributed by atoms with E-state index in [1.165, 1.54) is 0 Å². The van der Waals surface area contributed by atoms with Crippen LogP contribution in [0.15, 0.2) is 36.5 Å². The highest BCUT2D eigenvalue weighted by atomic mass is 35.5. The zero-order valence-corrected chi connectivity index (χ0v) is 10.8. The quantitative estimate of drug-likeness (QED) is 0.821. The molecule has 1 aromatic heterocycles. The van der Waals surface area contributed by atoms with E-state index in [1.807, 2.05) is 12.1 Å². The first-order chi connectivity index (χ1) is 9.13. The van der Waals surface area contributed by atoms with Crippen LogP contribution in [0.2, 0.25) is 5.28 Å². The molecule has 0 unspecified atom stereocenters. The smallest absolute Gasteiger partial charge is 0.307 e. The highest BCUT2D eigenvalue weighted by molar-refractivity contribution is 6.28. The van der Waals surface area contributed by atoms with Gasteiger partial charge in [0.2, 0.25) is 5.28 Å². The molecule has 0 aliphatic rings. The Labute approximate surface area is 115 Å². The van der Waals surface area contributed by atoms with Crippen LogP contribution in [0.1, 0.15) is 11.3 Å².